The van der Waals surface area contributed by atoms with Gasteiger partial charge in [0.2, 0.25) is 0 Å². The largest absolute Gasteiger partial charge is 0.507 e. The molecule has 3 N–H and O–H groups in total. The predicted octanol–water partition coefficient (Wildman–Crippen LogP) is 4.36. The normalized spacial score (nSPS) is 19.3. The number of likely N-dealkylation sites (N-methyl/N-ethyl adjacent to an activating group) is 1. The molecule has 0 spiro atoms. The van der Waals surface area contributed by atoms with Crippen LogP contribution in [0, 0.1) is 0 Å². The SMILES string of the molecule is COc1cc(CO)c(-c2ccc3c(c2O)[C@@H](C)N(C)[C@H](C)C3)c2cccc(O)c12. The van der Waals surface area contributed by atoms with Gasteiger partial charge in [-0.15, -0.1) is 0 Å². The number of aromatic hydroxyl groups is 2. The summed E-state index contributed by atoms with van der Waals surface area (Å²) in [7, 11) is 3.61. The maximum Gasteiger partial charge on any atom is 0.130 e. The van der Waals surface area contributed by atoms with Crippen molar-refractivity contribution in [3.63, 3.8) is 0 Å². The van der Waals surface area contributed by atoms with Crippen molar-refractivity contribution >= 4 is 10.8 Å². The third-order valence-corrected chi connectivity index (χ3v) is 6.39. The molecule has 4 rings (SSSR count). The minimum absolute atomic E-state index is 0.0733. The Morgan fingerprint density at radius 1 is 1.14 bits per heavy atom. The highest BCUT2D eigenvalue weighted by Crippen LogP contribution is 2.48. The summed E-state index contributed by atoms with van der Waals surface area (Å²) in [6.45, 7) is 4.08. The number of methoxy groups -OCH3 is 1. The third kappa shape index (κ3) is 2.93. The highest BCUT2D eigenvalue weighted by Gasteiger charge is 2.30. The van der Waals surface area contributed by atoms with E-state index in [1.165, 1.54) is 7.11 Å². The van der Waals surface area contributed by atoms with Gasteiger partial charge in [0.1, 0.15) is 17.2 Å². The van der Waals surface area contributed by atoms with Gasteiger partial charge in [-0.1, -0.05) is 24.3 Å². The Hall–Kier alpha value is -2.76. The van der Waals surface area contributed by atoms with Gasteiger partial charge in [-0.2, -0.15) is 0 Å². The summed E-state index contributed by atoms with van der Waals surface area (Å²) < 4.78 is 5.47. The highest BCUT2D eigenvalue weighted by atomic mass is 16.5. The molecule has 0 aliphatic carbocycles. The Balaban J connectivity index is 2.05. The Morgan fingerprint density at radius 3 is 2.59 bits per heavy atom. The van der Waals surface area contributed by atoms with Crippen molar-refractivity contribution in [1.82, 2.24) is 4.90 Å². The van der Waals surface area contributed by atoms with Crippen LogP contribution in [0.3, 0.4) is 0 Å². The number of phenols is 2. The van der Waals surface area contributed by atoms with Gasteiger partial charge in [0, 0.05) is 23.2 Å². The molecule has 0 fully saturated rings. The molecule has 0 aromatic heterocycles. The number of nitrogens with zero attached hydrogens (tertiary/aromatic N) is 1. The number of hydrogen-bond acceptors (Lipinski definition) is 5. The van der Waals surface area contributed by atoms with Crippen LogP contribution in [-0.2, 0) is 13.0 Å². The first-order valence-corrected chi connectivity index (χ1v) is 9.88. The summed E-state index contributed by atoms with van der Waals surface area (Å²) in [4.78, 5) is 2.26. The molecule has 1 aliphatic rings. The van der Waals surface area contributed by atoms with E-state index in [0.717, 1.165) is 22.9 Å². The highest BCUT2D eigenvalue weighted by molar-refractivity contribution is 6.05. The minimum atomic E-state index is -0.208. The van der Waals surface area contributed by atoms with Gasteiger partial charge in [-0.3, -0.25) is 4.90 Å². The molecule has 0 bridgehead atoms. The van der Waals surface area contributed by atoms with Crippen LogP contribution < -0.4 is 4.74 Å². The van der Waals surface area contributed by atoms with Crippen molar-refractivity contribution < 1.29 is 20.1 Å². The number of rotatable bonds is 3. The fourth-order valence-corrected chi connectivity index (χ4v) is 4.63. The summed E-state index contributed by atoms with van der Waals surface area (Å²) in [5, 5.41) is 33.2. The summed E-state index contributed by atoms with van der Waals surface area (Å²) >= 11 is 0. The van der Waals surface area contributed by atoms with E-state index >= 15 is 0 Å². The smallest absolute Gasteiger partial charge is 0.130 e. The first kappa shape index (κ1) is 19.6. The average Bonchev–Trinajstić information content (AvgIpc) is 2.71. The van der Waals surface area contributed by atoms with E-state index in [2.05, 4.69) is 31.9 Å². The maximum atomic E-state index is 11.3. The first-order valence-electron chi connectivity index (χ1n) is 9.88. The van der Waals surface area contributed by atoms with Crippen LogP contribution >= 0.6 is 0 Å². The molecule has 0 saturated heterocycles. The van der Waals surface area contributed by atoms with Crippen LogP contribution in [0.15, 0.2) is 36.4 Å². The molecule has 0 saturated carbocycles. The van der Waals surface area contributed by atoms with Gasteiger partial charge in [0.05, 0.1) is 19.1 Å². The Morgan fingerprint density at radius 2 is 1.90 bits per heavy atom. The van der Waals surface area contributed by atoms with Crippen molar-refractivity contribution in [2.45, 2.75) is 39.0 Å². The van der Waals surface area contributed by atoms with Crippen LogP contribution in [0.1, 0.15) is 36.6 Å². The molecule has 152 valence electrons. The van der Waals surface area contributed by atoms with Gasteiger partial charge < -0.3 is 20.1 Å². The zero-order chi connectivity index (χ0) is 20.9. The van der Waals surface area contributed by atoms with Gasteiger partial charge in [0.15, 0.2) is 0 Å². The number of phenolic OH excluding ortho intramolecular Hbond substituents is 2. The lowest BCUT2D eigenvalue weighted by Gasteiger charge is -2.38. The molecule has 0 radical (unpaired) electrons. The topological polar surface area (TPSA) is 73.2 Å². The standard InChI is InChI=1S/C24H27NO4/c1-13-10-15-8-9-18(24(28)21(15)14(2)25(13)3)22-16(12-26)11-20(29-4)23-17(22)6-5-7-19(23)27/h5-9,11,13-14,26-28H,10,12H2,1-4H3/t13-,14-/m1/s1. The second kappa shape index (κ2) is 7.25. The minimum Gasteiger partial charge on any atom is -0.507 e. The van der Waals surface area contributed by atoms with E-state index in [0.29, 0.717) is 33.9 Å². The molecule has 1 heterocycles. The lowest BCUT2D eigenvalue weighted by atomic mass is 9.84. The van der Waals surface area contributed by atoms with Gasteiger partial charge in [-0.25, -0.2) is 0 Å². The molecule has 1 aliphatic heterocycles. The Kier molecular flexibility index (Phi) is 4.89. The predicted molar refractivity (Wildman–Crippen MR) is 115 cm³/mol. The van der Waals surface area contributed by atoms with E-state index in [1.807, 2.05) is 12.1 Å². The second-order valence-corrected chi connectivity index (χ2v) is 7.90. The fourth-order valence-electron chi connectivity index (χ4n) is 4.63. The van der Waals surface area contributed by atoms with Gasteiger partial charge >= 0.3 is 0 Å². The van der Waals surface area contributed by atoms with Crippen LogP contribution in [0.2, 0.25) is 0 Å². The van der Waals surface area contributed by atoms with E-state index in [1.54, 1.807) is 18.2 Å². The summed E-state index contributed by atoms with van der Waals surface area (Å²) in [6, 6.07) is 11.4. The monoisotopic (exact) mass is 393 g/mol. The van der Waals surface area contributed by atoms with Gasteiger partial charge in [-0.05, 0) is 61.5 Å². The average molecular weight is 393 g/mol. The van der Waals surface area contributed by atoms with E-state index < -0.39 is 0 Å². The van der Waals surface area contributed by atoms with Crippen molar-refractivity contribution in [1.29, 1.82) is 0 Å². The zero-order valence-corrected chi connectivity index (χ0v) is 17.2. The fraction of sp³-hybridized carbons (Fsp3) is 0.333. The molecule has 3 aromatic carbocycles. The quantitative estimate of drug-likeness (QED) is 0.617. The van der Waals surface area contributed by atoms with Crippen LogP contribution in [0.25, 0.3) is 21.9 Å². The van der Waals surface area contributed by atoms with E-state index in [9.17, 15) is 15.3 Å². The maximum absolute atomic E-state index is 11.3. The molecule has 2 atom stereocenters. The molecule has 5 heteroatoms. The first-order chi connectivity index (χ1) is 13.9. The van der Waals surface area contributed by atoms with Crippen molar-refractivity contribution in [2.24, 2.45) is 0 Å². The zero-order valence-electron chi connectivity index (χ0n) is 17.2. The third-order valence-electron chi connectivity index (χ3n) is 6.39. The van der Waals surface area contributed by atoms with Crippen molar-refractivity contribution in [3.05, 3.63) is 53.1 Å². The number of ether oxygens (including phenoxy) is 1. The molecule has 0 amide bonds. The molecular formula is C24H27NO4. The van der Waals surface area contributed by atoms with Crippen LogP contribution in [0.4, 0.5) is 0 Å². The van der Waals surface area contributed by atoms with Crippen LogP contribution in [0.5, 0.6) is 17.2 Å². The van der Waals surface area contributed by atoms with Crippen LogP contribution in [-0.4, -0.2) is 40.4 Å². The molecule has 29 heavy (non-hydrogen) atoms. The van der Waals surface area contributed by atoms with Crippen molar-refractivity contribution in [2.75, 3.05) is 14.2 Å². The molecule has 5 nitrogen and oxygen atoms in total. The summed E-state index contributed by atoms with van der Waals surface area (Å²) in [5.74, 6) is 0.827. The lowest BCUT2D eigenvalue weighted by Crippen LogP contribution is -2.38. The van der Waals surface area contributed by atoms with Gasteiger partial charge in [0.25, 0.3) is 0 Å². The Labute approximate surface area is 170 Å². The number of aliphatic hydroxyl groups excluding tert-OH is 1. The number of hydrogen-bond donors (Lipinski definition) is 3. The lowest BCUT2D eigenvalue weighted by molar-refractivity contribution is 0.176. The Bertz CT molecular complexity index is 1090. The number of fused-ring (bicyclic) bond motifs is 2. The second-order valence-electron chi connectivity index (χ2n) is 7.90. The number of benzene rings is 3. The summed E-state index contributed by atoms with van der Waals surface area (Å²) in [6.07, 6.45) is 0.876. The molecular weight excluding hydrogens is 366 g/mol. The number of aliphatic hydroxyl groups is 1. The molecule has 3 aromatic rings. The molecule has 0 unspecified atom stereocenters. The van der Waals surface area contributed by atoms with E-state index in [4.69, 9.17) is 4.74 Å². The van der Waals surface area contributed by atoms with Crippen molar-refractivity contribution in [3.8, 4) is 28.4 Å². The summed E-state index contributed by atoms with van der Waals surface area (Å²) in [5.41, 5.74) is 4.08. The van der Waals surface area contributed by atoms with E-state index in [-0.39, 0.29) is 24.1 Å².